The SMILES string of the molecule is N#CCCCN(CCC(O)c1ccccc1)Cc1ccccc1. The van der Waals surface area contributed by atoms with Gasteiger partial charge in [-0.05, 0) is 30.5 Å². The number of rotatable bonds is 9. The molecule has 0 aliphatic heterocycles. The van der Waals surface area contributed by atoms with Crippen LogP contribution < -0.4 is 0 Å². The molecule has 0 aliphatic carbocycles. The molecule has 0 fully saturated rings. The van der Waals surface area contributed by atoms with Crippen molar-refractivity contribution in [2.45, 2.75) is 31.9 Å². The summed E-state index contributed by atoms with van der Waals surface area (Å²) < 4.78 is 0. The third-order valence-corrected chi connectivity index (χ3v) is 3.92. The molecule has 0 spiro atoms. The highest BCUT2D eigenvalue weighted by Crippen LogP contribution is 2.17. The fraction of sp³-hybridized carbons (Fsp3) is 0.350. The van der Waals surface area contributed by atoms with Crippen molar-refractivity contribution in [3.8, 4) is 6.07 Å². The quantitative estimate of drug-likeness (QED) is 0.714. The van der Waals surface area contributed by atoms with Gasteiger partial charge in [-0.3, -0.25) is 4.90 Å². The number of hydrogen-bond acceptors (Lipinski definition) is 3. The molecule has 3 heteroatoms. The average molecular weight is 308 g/mol. The lowest BCUT2D eigenvalue weighted by molar-refractivity contribution is 0.139. The lowest BCUT2D eigenvalue weighted by Gasteiger charge is -2.23. The van der Waals surface area contributed by atoms with Gasteiger partial charge in [0.15, 0.2) is 0 Å². The van der Waals surface area contributed by atoms with Crippen LogP contribution in [-0.2, 0) is 6.54 Å². The van der Waals surface area contributed by atoms with Crippen molar-refractivity contribution in [3.05, 3.63) is 71.8 Å². The summed E-state index contributed by atoms with van der Waals surface area (Å²) in [6.45, 7) is 2.55. The highest BCUT2D eigenvalue weighted by molar-refractivity contribution is 5.17. The van der Waals surface area contributed by atoms with Gasteiger partial charge in [-0.15, -0.1) is 0 Å². The Morgan fingerprint density at radius 1 is 0.957 bits per heavy atom. The third-order valence-electron chi connectivity index (χ3n) is 3.92. The molecule has 23 heavy (non-hydrogen) atoms. The zero-order valence-corrected chi connectivity index (χ0v) is 13.4. The number of nitrogens with zero attached hydrogens (tertiary/aromatic N) is 2. The minimum atomic E-state index is -0.439. The van der Waals surface area contributed by atoms with E-state index < -0.39 is 6.10 Å². The van der Waals surface area contributed by atoms with Crippen LogP contribution in [0.25, 0.3) is 0 Å². The first kappa shape index (κ1) is 17.2. The molecule has 0 radical (unpaired) electrons. The normalized spacial score (nSPS) is 12.0. The molecule has 0 amide bonds. The first-order valence-corrected chi connectivity index (χ1v) is 8.16. The molecule has 0 heterocycles. The molecule has 2 aromatic carbocycles. The maximum Gasteiger partial charge on any atom is 0.0802 e. The Labute approximate surface area is 138 Å². The van der Waals surface area contributed by atoms with Crippen LogP contribution in [0.5, 0.6) is 0 Å². The van der Waals surface area contributed by atoms with Crippen LogP contribution in [0.1, 0.15) is 36.5 Å². The summed E-state index contributed by atoms with van der Waals surface area (Å²) in [6.07, 6.45) is 1.70. The summed E-state index contributed by atoms with van der Waals surface area (Å²) in [4.78, 5) is 2.32. The van der Waals surface area contributed by atoms with E-state index >= 15 is 0 Å². The van der Waals surface area contributed by atoms with Gasteiger partial charge in [-0.2, -0.15) is 5.26 Å². The molecular weight excluding hydrogens is 284 g/mol. The topological polar surface area (TPSA) is 47.3 Å². The molecule has 0 saturated heterocycles. The maximum atomic E-state index is 10.3. The molecule has 1 unspecified atom stereocenters. The van der Waals surface area contributed by atoms with Crippen molar-refractivity contribution in [1.82, 2.24) is 4.90 Å². The lowest BCUT2D eigenvalue weighted by Crippen LogP contribution is -2.26. The fourth-order valence-corrected chi connectivity index (χ4v) is 2.64. The van der Waals surface area contributed by atoms with Crippen LogP contribution in [0, 0.1) is 11.3 Å². The Morgan fingerprint density at radius 3 is 2.26 bits per heavy atom. The molecule has 2 aromatic rings. The zero-order chi connectivity index (χ0) is 16.3. The summed E-state index contributed by atoms with van der Waals surface area (Å²) in [5.41, 5.74) is 2.22. The van der Waals surface area contributed by atoms with E-state index in [0.29, 0.717) is 12.8 Å². The van der Waals surface area contributed by atoms with Gasteiger partial charge in [0.1, 0.15) is 0 Å². The summed E-state index contributed by atoms with van der Waals surface area (Å²) in [5, 5.41) is 19.1. The number of benzene rings is 2. The van der Waals surface area contributed by atoms with Crippen LogP contribution in [0.4, 0.5) is 0 Å². The highest BCUT2D eigenvalue weighted by Gasteiger charge is 2.11. The minimum Gasteiger partial charge on any atom is -0.388 e. The second-order valence-electron chi connectivity index (χ2n) is 5.74. The van der Waals surface area contributed by atoms with Crippen LogP contribution in [-0.4, -0.2) is 23.1 Å². The van der Waals surface area contributed by atoms with E-state index in [-0.39, 0.29) is 0 Å². The van der Waals surface area contributed by atoms with Crippen molar-refractivity contribution in [3.63, 3.8) is 0 Å². The zero-order valence-electron chi connectivity index (χ0n) is 13.4. The van der Waals surface area contributed by atoms with Crippen LogP contribution in [0.2, 0.25) is 0 Å². The van der Waals surface area contributed by atoms with Crippen molar-refractivity contribution >= 4 is 0 Å². The van der Waals surface area contributed by atoms with Gasteiger partial charge in [0.05, 0.1) is 12.2 Å². The van der Waals surface area contributed by atoms with Gasteiger partial charge in [0.25, 0.3) is 0 Å². The van der Waals surface area contributed by atoms with Gasteiger partial charge in [-0.25, -0.2) is 0 Å². The van der Waals surface area contributed by atoms with Crippen molar-refractivity contribution < 1.29 is 5.11 Å². The molecule has 1 atom stereocenters. The number of hydrogen-bond donors (Lipinski definition) is 1. The van der Waals surface area contributed by atoms with E-state index in [1.807, 2.05) is 48.5 Å². The first-order valence-electron chi connectivity index (χ1n) is 8.16. The number of aliphatic hydroxyl groups excluding tert-OH is 1. The Morgan fingerprint density at radius 2 is 1.61 bits per heavy atom. The molecular formula is C20H24N2O. The smallest absolute Gasteiger partial charge is 0.0802 e. The highest BCUT2D eigenvalue weighted by atomic mass is 16.3. The lowest BCUT2D eigenvalue weighted by atomic mass is 10.1. The molecule has 120 valence electrons. The fourth-order valence-electron chi connectivity index (χ4n) is 2.64. The Bertz CT molecular complexity index is 592. The summed E-state index contributed by atoms with van der Waals surface area (Å²) in [6, 6.07) is 22.3. The van der Waals surface area contributed by atoms with Crippen LogP contribution >= 0.6 is 0 Å². The third kappa shape index (κ3) is 6.23. The Hall–Kier alpha value is -2.15. The monoisotopic (exact) mass is 308 g/mol. The van der Waals surface area contributed by atoms with E-state index in [0.717, 1.165) is 31.6 Å². The molecule has 3 nitrogen and oxygen atoms in total. The first-order chi connectivity index (χ1) is 11.3. The number of nitriles is 1. The van der Waals surface area contributed by atoms with E-state index in [1.54, 1.807) is 0 Å². The standard InChI is InChI=1S/C20H24N2O/c21-14-7-8-15-22(17-18-9-3-1-4-10-18)16-13-20(23)19-11-5-2-6-12-19/h1-6,9-12,20,23H,7-8,13,15-17H2. The summed E-state index contributed by atoms with van der Waals surface area (Å²) in [7, 11) is 0. The van der Waals surface area contributed by atoms with Crippen molar-refractivity contribution in [2.75, 3.05) is 13.1 Å². The van der Waals surface area contributed by atoms with E-state index in [2.05, 4.69) is 23.1 Å². The molecule has 2 rings (SSSR count). The average Bonchev–Trinajstić information content (AvgIpc) is 2.61. The van der Waals surface area contributed by atoms with Gasteiger partial charge >= 0.3 is 0 Å². The summed E-state index contributed by atoms with van der Waals surface area (Å²) >= 11 is 0. The Balaban J connectivity index is 1.90. The predicted molar refractivity (Wildman–Crippen MR) is 92.6 cm³/mol. The van der Waals surface area contributed by atoms with Crippen LogP contribution in [0.3, 0.4) is 0 Å². The van der Waals surface area contributed by atoms with E-state index in [9.17, 15) is 5.11 Å². The second-order valence-corrected chi connectivity index (χ2v) is 5.74. The minimum absolute atomic E-state index is 0.439. The predicted octanol–water partition coefficient (Wildman–Crippen LogP) is 3.92. The molecule has 0 bridgehead atoms. The second kappa shape index (κ2) is 9.78. The van der Waals surface area contributed by atoms with Gasteiger partial charge in [-0.1, -0.05) is 60.7 Å². The van der Waals surface area contributed by atoms with Crippen molar-refractivity contribution in [2.24, 2.45) is 0 Å². The molecule has 1 N–H and O–H groups in total. The van der Waals surface area contributed by atoms with E-state index in [1.165, 1.54) is 5.56 Å². The van der Waals surface area contributed by atoms with E-state index in [4.69, 9.17) is 5.26 Å². The maximum absolute atomic E-state index is 10.3. The molecule has 0 aliphatic rings. The molecule has 0 saturated carbocycles. The largest absolute Gasteiger partial charge is 0.388 e. The van der Waals surface area contributed by atoms with Crippen LogP contribution in [0.15, 0.2) is 60.7 Å². The number of unbranched alkanes of at least 4 members (excludes halogenated alkanes) is 1. The summed E-state index contributed by atoms with van der Waals surface area (Å²) in [5.74, 6) is 0. The van der Waals surface area contributed by atoms with Crippen molar-refractivity contribution in [1.29, 1.82) is 5.26 Å². The Kier molecular flexibility index (Phi) is 7.32. The van der Waals surface area contributed by atoms with Gasteiger partial charge in [0, 0.05) is 19.5 Å². The van der Waals surface area contributed by atoms with Gasteiger partial charge < -0.3 is 5.11 Å². The van der Waals surface area contributed by atoms with Gasteiger partial charge in [0.2, 0.25) is 0 Å². The molecule has 0 aromatic heterocycles. The number of aliphatic hydroxyl groups is 1.